The van der Waals surface area contributed by atoms with Gasteiger partial charge in [0.2, 0.25) is 0 Å². The maximum Gasteiger partial charge on any atom is 0.315 e. The van der Waals surface area contributed by atoms with E-state index >= 15 is 0 Å². The molecule has 1 aliphatic rings. The van der Waals surface area contributed by atoms with Crippen molar-refractivity contribution in [1.82, 2.24) is 10.6 Å². The standard InChI is InChI=1S/C16H24N2O2/c1-2-15(19)8-9-17-16(20)18-11-12-6-7-13-4-3-5-14(13)10-12/h6-7,10,15,19H,2-5,8-9,11H2,1H3,(H2,17,18,20). The van der Waals surface area contributed by atoms with Gasteiger partial charge in [0.15, 0.2) is 0 Å². The maximum atomic E-state index is 11.6. The van der Waals surface area contributed by atoms with Crippen LogP contribution in [0.25, 0.3) is 0 Å². The number of aryl methyl sites for hydroxylation is 2. The minimum absolute atomic E-state index is 0.172. The number of carbonyl (C=O) groups excluding carboxylic acids is 1. The molecule has 3 N–H and O–H groups in total. The number of fused-ring (bicyclic) bond motifs is 1. The van der Waals surface area contributed by atoms with Gasteiger partial charge in [-0.15, -0.1) is 0 Å². The van der Waals surface area contributed by atoms with E-state index in [0.29, 0.717) is 19.5 Å². The molecule has 0 aliphatic heterocycles. The van der Waals surface area contributed by atoms with Gasteiger partial charge in [-0.2, -0.15) is 0 Å². The molecule has 0 heterocycles. The quantitative estimate of drug-likeness (QED) is 0.745. The van der Waals surface area contributed by atoms with Crippen molar-refractivity contribution < 1.29 is 9.90 Å². The average Bonchev–Trinajstić information content (AvgIpc) is 2.92. The van der Waals surface area contributed by atoms with E-state index in [2.05, 4.69) is 28.8 Å². The lowest BCUT2D eigenvalue weighted by atomic mass is 10.1. The third-order valence-corrected chi connectivity index (χ3v) is 3.85. The summed E-state index contributed by atoms with van der Waals surface area (Å²) in [7, 11) is 0. The second-order valence-corrected chi connectivity index (χ2v) is 5.42. The minimum atomic E-state index is -0.327. The van der Waals surface area contributed by atoms with Gasteiger partial charge in [0, 0.05) is 13.1 Å². The summed E-state index contributed by atoms with van der Waals surface area (Å²) < 4.78 is 0. The van der Waals surface area contributed by atoms with Crippen LogP contribution in [0.4, 0.5) is 4.79 Å². The van der Waals surface area contributed by atoms with E-state index in [1.165, 1.54) is 24.0 Å². The van der Waals surface area contributed by atoms with Gasteiger partial charge >= 0.3 is 6.03 Å². The molecule has 0 spiro atoms. The number of benzene rings is 1. The molecule has 20 heavy (non-hydrogen) atoms. The Balaban J connectivity index is 1.71. The zero-order valence-corrected chi connectivity index (χ0v) is 12.1. The molecular weight excluding hydrogens is 252 g/mol. The van der Waals surface area contributed by atoms with Gasteiger partial charge in [-0.25, -0.2) is 4.79 Å². The lowest BCUT2D eigenvalue weighted by Gasteiger charge is -2.10. The molecule has 1 aliphatic carbocycles. The molecule has 0 saturated carbocycles. The van der Waals surface area contributed by atoms with E-state index in [1.54, 1.807) is 0 Å². The Morgan fingerprint density at radius 2 is 2.10 bits per heavy atom. The van der Waals surface area contributed by atoms with Crippen molar-refractivity contribution in [3.63, 3.8) is 0 Å². The van der Waals surface area contributed by atoms with E-state index in [-0.39, 0.29) is 12.1 Å². The van der Waals surface area contributed by atoms with Crippen LogP contribution in [0.1, 0.15) is 42.9 Å². The second kappa shape index (κ2) is 7.29. The van der Waals surface area contributed by atoms with Gasteiger partial charge in [-0.05, 0) is 48.8 Å². The van der Waals surface area contributed by atoms with Crippen LogP contribution in [0.3, 0.4) is 0 Å². The molecule has 0 bridgehead atoms. The minimum Gasteiger partial charge on any atom is -0.393 e. The van der Waals surface area contributed by atoms with Gasteiger partial charge in [0.25, 0.3) is 0 Å². The SMILES string of the molecule is CCC(O)CCNC(=O)NCc1ccc2c(c1)CCC2. The first-order valence-corrected chi connectivity index (χ1v) is 7.49. The van der Waals surface area contributed by atoms with Crippen LogP contribution in [0.2, 0.25) is 0 Å². The lowest BCUT2D eigenvalue weighted by molar-refractivity contribution is 0.160. The maximum absolute atomic E-state index is 11.6. The number of urea groups is 1. The van der Waals surface area contributed by atoms with Crippen molar-refractivity contribution in [1.29, 1.82) is 0 Å². The highest BCUT2D eigenvalue weighted by Gasteiger charge is 2.11. The Morgan fingerprint density at radius 1 is 1.30 bits per heavy atom. The van der Waals surface area contributed by atoms with E-state index < -0.39 is 0 Å². The molecule has 110 valence electrons. The largest absolute Gasteiger partial charge is 0.393 e. The summed E-state index contributed by atoms with van der Waals surface area (Å²) in [5.74, 6) is 0. The highest BCUT2D eigenvalue weighted by atomic mass is 16.3. The molecule has 2 rings (SSSR count). The number of amides is 2. The van der Waals surface area contributed by atoms with Crippen molar-refractivity contribution in [2.45, 2.75) is 51.7 Å². The first kappa shape index (κ1) is 14.9. The van der Waals surface area contributed by atoms with Crippen LogP contribution < -0.4 is 10.6 Å². The molecule has 0 aromatic heterocycles. The summed E-state index contributed by atoms with van der Waals surface area (Å²) in [5.41, 5.74) is 4.02. The van der Waals surface area contributed by atoms with Crippen LogP contribution in [0.5, 0.6) is 0 Å². The average molecular weight is 276 g/mol. The third-order valence-electron chi connectivity index (χ3n) is 3.85. The van der Waals surface area contributed by atoms with Crippen LogP contribution in [-0.4, -0.2) is 23.8 Å². The van der Waals surface area contributed by atoms with Crippen molar-refractivity contribution >= 4 is 6.03 Å². The van der Waals surface area contributed by atoms with Gasteiger partial charge in [0.05, 0.1) is 6.10 Å². The Hall–Kier alpha value is -1.55. The van der Waals surface area contributed by atoms with Gasteiger partial charge < -0.3 is 15.7 Å². The second-order valence-electron chi connectivity index (χ2n) is 5.42. The molecule has 2 amide bonds. The molecule has 0 fully saturated rings. The molecule has 1 aromatic rings. The lowest BCUT2D eigenvalue weighted by Crippen LogP contribution is -2.36. The highest BCUT2D eigenvalue weighted by molar-refractivity contribution is 5.73. The first-order valence-electron chi connectivity index (χ1n) is 7.49. The van der Waals surface area contributed by atoms with Gasteiger partial charge in [0.1, 0.15) is 0 Å². The number of aliphatic hydroxyl groups is 1. The Morgan fingerprint density at radius 3 is 2.90 bits per heavy atom. The Labute approximate surface area is 120 Å². The van der Waals surface area contributed by atoms with Crippen molar-refractivity contribution in [3.05, 3.63) is 34.9 Å². The van der Waals surface area contributed by atoms with Gasteiger partial charge in [-0.1, -0.05) is 25.1 Å². The number of hydrogen-bond donors (Lipinski definition) is 3. The highest BCUT2D eigenvalue weighted by Crippen LogP contribution is 2.22. The molecular formula is C16H24N2O2. The Kier molecular flexibility index (Phi) is 5.41. The summed E-state index contributed by atoms with van der Waals surface area (Å²) in [6.45, 7) is 2.99. The predicted octanol–water partition coefficient (Wildman–Crippen LogP) is 2.14. The summed E-state index contributed by atoms with van der Waals surface area (Å²) in [6.07, 6.45) is 4.58. The number of rotatable bonds is 6. The fraction of sp³-hybridized carbons (Fsp3) is 0.562. The molecule has 1 unspecified atom stereocenters. The summed E-state index contributed by atoms with van der Waals surface area (Å²) in [6, 6.07) is 6.29. The molecule has 4 heteroatoms. The molecule has 4 nitrogen and oxygen atoms in total. The van der Waals surface area contributed by atoms with E-state index in [0.717, 1.165) is 18.4 Å². The molecule has 0 radical (unpaired) electrons. The topological polar surface area (TPSA) is 61.4 Å². The normalized spacial score (nSPS) is 14.7. The fourth-order valence-corrected chi connectivity index (χ4v) is 2.54. The van der Waals surface area contributed by atoms with Crippen LogP contribution >= 0.6 is 0 Å². The molecule has 1 aromatic carbocycles. The van der Waals surface area contributed by atoms with Gasteiger partial charge in [-0.3, -0.25) is 0 Å². The predicted molar refractivity (Wildman–Crippen MR) is 79.6 cm³/mol. The van der Waals surface area contributed by atoms with Crippen LogP contribution in [0.15, 0.2) is 18.2 Å². The zero-order valence-electron chi connectivity index (χ0n) is 12.1. The number of carbonyl (C=O) groups is 1. The smallest absolute Gasteiger partial charge is 0.315 e. The molecule has 1 atom stereocenters. The van der Waals surface area contributed by atoms with E-state index in [4.69, 9.17) is 0 Å². The Bertz CT molecular complexity index is 460. The van der Waals surface area contributed by atoms with E-state index in [1.807, 2.05) is 6.92 Å². The third kappa shape index (κ3) is 4.23. The summed E-state index contributed by atoms with van der Waals surface area (Å²) >= 11 is 0. The van der Waals surface area contributed by atoms with Crippen molar-refractivity contribution in [3.8, 4) is 0 Å². The van der Waals surface area contributed by atoms with Crippen molar-refractivity contribution in [2.75, 3.05) is 6.54 Å². The number of aliphatic hydroxyl groups excluding tert-OH is 1. The first-order chi connectivity index (χ1) is 9.69. The summed E-state index contributed by atoms with van der Waals surface area (Å²) in [4.78, 5) is 11.6. The number of hydrogen-bond acceptors (Lipinski definition) is 2. The zero-order chi connectivity index (χ0) is 14.4. The fourth-order valence-electron chi connectivity index (χ4n) is 2.54. The van der Waals surface area contributed by atoms with E-state index in [9.17, 15) is 9.90 Å². The number of nitrogens with one attached hydrogen (secondary N) is 2. The molecule has 0 saturated heterocycles. The van der Waals surface area contributed by atoms with Crippen molar-refractivity contribution in [2.24, 2.45) is 0 Å². The van der Waals surface area contributed by atoms with Crippen LogP contribution in [-0.2, 0) is 19.4 Å². The summed E-state index contributed by atoms with van der Waals surface area (Å²) in [5, 5.41) is 15.0. The monoisotopic (exact) mass is 276 g/mol. The van der Waals surface area contributed by atoms with Crippen LogP contribution in [0, 0.1) is 0 Å².